The Morgan fingerprint density at radius 1 is 0.821 bits per heavy atom. The lowest BCUT2D eigenvalue weighted by Gasteiger charge is -2.40. The van der Waals surface area contributed by atoms with Crippen molar-refractivity contribution in [2.45, 2.75) is 100 Å². The normalized spacial score (nSPS) is 17.4. The largest absolute Gasteiger partial charge is 0.371 e. The highest BCUT2D eigenvalue weighted by Gasteiger charge is 2.34. The van der Waals surface area contributed by atoms with Crippen LogP contribution in [0.5, 0.6) is 0 Å². The van der Waals surface area contributed by atoms with Crippen LogP contribution in [0.25, 0.3) is 5.57 Å². The van der Waals surface area contributed by atoms with Gasteiger partial charge in [-0.2, -0.15) is 0 Å². The Kier molecular flexibility index (Phi) is 10.4. The van der Waals surface area contributed by atoms with Gasteiger partial charge >= 0.3 is 0 Å². The van der Waals surface area contributed by atoms with Gasteiger partial charge in [0.15, 0.2) is 0 Å². The maximum absolute atomic E-state index is 2.57. The van der Waals surface area contributed by atoms with Gasteiger partial charge < -0.3 is 4.90 Å². The van der Waals surface area contributed by atoms with Gasteiger partial charge in [-0.15, -0.1) is 0 Å². The molecule has 1 aliphatic carbocycles. The molecule has 1 aromatic carbocycles. The number of para-hydroxylation sites is 1. The Hall–Kier alpha value is -1.24. The fraction of sp³-hybridized carbons (Fsp3) is 0.704. The second-order valence-corrected chi connectivity index (χ2v) is 10.0. The summed E-state index contributed by atoms with van der Waals surface area (Å²) in [7, 11) is 0. The van der Waals surface area contributed by atoms with Gasteiger partial charge in [0.1, 0.15) is 0 Å². The summed E-state index contributed by atoms with van der Waals surface area (Å²) in [6.45, 7) is 20.9. The van der Waals surface area contributed by atoms with E-state index in [1.807, 2.05) is 0 Å². The highest BCUT2D eigenvalue weighted by Crippen LogP contribution is 2.48. The lowest BCUT2D eigenvalue weighted by molar-refractivity contribution is 0.229. The van der Waals surface area contributed by atoms with E-state index < -0.39 is 0 Å². The Bertz CT molecular complexity index is 586. The molecule has 1 nitrogen and oxygen atoms in total. The predicted octanol–water partition coefficient (Wildman–Crippen LogP) is 8.74. The van der Waals surface area contributed by atoms with Gasteiger partial charge in [0.05, 0.1) is 0 Å². The molecule has 0 spiro atoms. The monoisotopic (exact) mass is 385 g/mol. The fourth-order valence-corrected chi connectivity index (χ4v) is 4.83. The van der Waals surface area contributed by atoms with Crippen molar-refractivity contribution in [3.8, 4) is 0 Å². The van der Waals surface area contributed by atoms with E-state index in [-0.39, 0.29) is 5.41 Å². The van der Waals surface area contributed by atoms with E-state index in [0.29, 0.717) is 5.41 Å². The maximum atomic E-state index is 2.57. The van der Waals surface area contributed by atoms with Gasteiger partial charge in [0, 0.05) is 24.3 Å². The molecule has 2 rings (SSSR count). The Balaban J connectivity index is 0.000000696. The van der Waals surface area contributed by atoms with Crippen LogP contribution in [0.3, 0.4) is 0 Å². The standard InChI is InChI=1S/C22H35N.C5H12/c1-7-13-23(14-8-2)20-12-10-9-11-19(20)18-15-21(3,4)17-22(5,6)16-18;1-3-5-4-2/h9-12,15H,7-8,13-14,16-17H2,1-6H3;3-5H2,1-2H3. The quantitative estimate of drug-likeness (QED) is 0.432. The molecule has 1 heteroatoms. The molecule has 0 bridgehead atoms. The zero-order valence-corrected chi connectivity index (χ0v) is 20.2. The smallest absolute Gasteiger partial charge is 0.0442 e. The van der Waals surface area contributed by atoms with Crippen molar-refractivity contribution in [3.63, 3.8) is 0 Å². The Morgan fingerprint density at radius 2 is 1.39 bits per heavy atom. The van der Waals surface area contributed by atoms with Crippen LogP contribution < -0.4 is 4.90 Å². The molecule has 0 unspecified atom stereocenters. The third kappa shape index (κ3) is 8.02. The SMILES string of the molecule is CCCCC.CCCN(CCC)c1ccccc1C1=CC(C)(C)CC(C)(C)C1. The first-order valence-electron chi connectivity index (χ1n) is 11.8. The zero-order valence-electron chi connectivity index (χ0n) is 20.2. The van der Waals surface area contributed by atoms with Crippen molar-refractivity contribution in [1.29, 1.82) is 0 Å². The lowest BCUT2D eigenvalue weighted by atomic mass is 9.65. The van der Waals surface area contributed by atoms with Crippen molar-refractivity contribution in [2.75, 3.05) is 18.0 Å². The topological polar surface area (TPSA) is 3.24 Å². The minimum absolute atomic E-state index is 0.282. The molecule has 0 radical (unpaired) electrons. The lowest BCUT2D eigenvalue weighted by Crippen LogP contribution is -2.29. The summed E-state index contributed by atoms with van der Waals surface area (Å²) in [6.07, 6.45) is 11.5. The predicted molar refractivity (Wildman–Crippen MR) is 129 cm³/mol. The third-order valence-corrected chi connectivity index (χ3v) is 5.45. The van der Waals surface area contributed by atoms with Crippen molar-refractivity contribution < 1.29 is 0 Å². The van der Waals surface area contributed by atoms with Crippen LogP contribution in [0.1, 0.15) is 106 Å². The Morgan fingerprint density at radius 3 is 1.86 bits per heavy atom. The summed E-state index contributed by atoms with van der Waals surface area (Å²) >= 11 is 0. The van der Waals surface area contributed by atoms with Gasteiger partial charge in [0.2, 0.25) is 0 Å². The number of anilines is 1. The molecule has 28 heavy (non-hydrogen) atoms. The fourth-order valence-electron chi connectivity index (χ4n) is 4.83. The van der Waals surface area contributed by atoms with Crippen molar-refractivity contribution >= 4 is 11.3 Å². The number of nitrogens with zero attached hydrogens (tertiary/aromatic N) is 1. The van der Waals surface area contributed by atoms with Gasteiger partial charge in [-0.05, 0) is 48.2 Å². The first-order chi connectivity index (χ1) is 13.2. The molecule has 0 saturated heterocycles. The molecule has 0 saturated carbocycles. The molecule has 160 valence electrons. The average molecular weight is 386 g/mol. The van der Waals surface area contributed by atoms with Crippen LogP contribution in [0.4, 0.5) is 5.69 Å². The van der Waals surface area contributed by atoms with E-state index in [1.165, 1.54) is 56.2 Å². The van der Waals surface area contributed by atoms with Crippen molar-refractivity contribution in [2.24, 2.45) is 10.8 Å². The van der Waals surface area contributed by atoms with Crippen LogP contribution >= 0.6 is 0 Å². The molecular formula is C27H47N. The van der Waals surface area contributed by atoms with Gasteiger partial charge in [-0.25, -0.2) is 0 Å². The maximum Gasteiger partial charge on any atom is 0.0442 e. The summed E-state index contributed by atoms with van der Waals surface area (Å²) in [4.78, 5) is 2.57. The van der Waals surface area contributed by atoms with E-state index in [9.17, 15) is 0 Å². The minimum Gasteiger partial charge on any atom is -0.371 e. The summed E-state index contributed by atoms with van der Waals surface area (Å²) in [5.74, 6) is 0. The van der Waals surface area contributed by atoms with E-state index >= 15 is 0 Å². The van der Waals surface area contributed by atoms with E-state index in [0.717, 1.165) is 13.1 Å². The summed E-state index contributed by atoms with van der Waals surface area (Å²) in [6, 6.07) is 9.04. The van der Waals surface area contributed by atoms with Crippen LogP contribution in [0, 0.1) is 10.8 Å². The van der Waals surface area contributed by atoms with Gasteiger partial charge in [-0.3, -0.25) is 0 Å². The molecule has 0 aliphatic heterocycles. The number of hydrogen-bond donors (Lipinski definition) is 0. The first kappa shape index (κ1) is 24.8. The molecule has 1 aliphatic rings. The molecule has 0 atom stereocenters. The number of allylic oxidation sites excluding steroid dienone is 2. The van der Waals surface area contributed by atoms with E-state index in [1.54, 1.807) is 5.57 Å². The van der Waals surface area contributed by atoms with Crippen LogP contribution in [-0.4, -0.2) is 13.1 Å². The van der Waals surface area contributed by atoms with E-state index in [4.69, 9.17) is 0 Å². The molecule has 0 heterocycles. The average Bonchev–Trinajstić information content (AvgIpc) is 2.60. The number of rotatable bonds is 8. The van der Waals surface area contributed by atoms with Crippen molar-refractivity contribution in [1.82, 2.24) is 0 Å². The summed E-state index contributed by atoms with van der Waals surface area (Å²) in [5.41, 5.74) is 5.08. The van der Waals surface area contributed by atoms with Gasteiger partial charge in [-0.1, -0.05) is 98.9 Å². The second-order valence-electron chi connectivity index (χ2n) is 10.0. The number of benzene rings is 1. The Labute approximate surface area is 176 Å². The molecule has 1 aromatic rings. The first-order valence-corrected chi connectivity index (χ1v) is 11.8. The molecular weight excluding hydrogens is 338 g/mol. The van der Waals surface area contributed by atoms with E-state index in [2.05, 4.69) is 90.6 Å². The molecule has 0 fully saturated rings. The number of hydrogen-bond acceptors (Lipinski definition) is 1. The molecule has 0 amide bonds. The summed E-state index contributed by atoms with van der Waals surface area (Å²) in [5, 5.41) is 0. The van der Waals surface area contributed by atoms with Gasteiger partial charge in [0.25, 0.3) is 0 Å². The minimum atomic E-state index is 0.282. The molecule has 0 aromatic heterocycles. The third-order valence-electron chi connectivity index (χ3n) is 5.45. The van der Waals surface area contributed by atoms with Crippen LogP contribution in [0.2, 0.25) is 0 Å². The highest BCUT2D eigenvalue weighted by atomic mass is 15.1. The number of unbranched alkanes of at least 4 members (excludes halogenated alkanes) is 2. The van der Waals surface area contributed by atoms with Crippen LogP contribution in [-0.2, 0) is 0 Å². The second kappa shape index (κ2) is 11.7. The zero-order chi connectivity index (χ0) is 21.2. The summed E-state index contributed by atoms with van der Waals surface area (Å²) < 4.78 is 0. The van der Waals surface area contributed by atoms with Crippen molar-refractivity contribution in [3.05, 3.63) is 35.9 Å². The molecule has 0 N–H and O–H groups in total. The highest BCUT2D eigenvalue weighted by molar-refractivity contribution is 5.78. The van der Waals surface area contributed by atoms with Crippen LogP contribution in [0.15, 0.2) is 30.3 Å².